The fourth-order valence-electron chi connectivity index (χ4n) is 2.32. The van der Waals surface area contributed by atoms with Crippen molar-refractivity contribution < 1.29 is 4.79 Å². The standard InChI is InChI=1S/C17H12Cl2N4O/c18-13-2-1-3-14(19)15(13)22-17-21-8-9-23(17)16(24)12-6-4-11(10-20)5-7-12/h1-7H,8-9H2,(H,21,22). The van der Waals surface area contributed by atoms with Crippen LogP contribution in [0.2, 0.25) is 10.0 Å². The Bertz CT molecular complexity index is 836. The highest BCUT2D eigenvalue weighted by molar-refractivity contribution is 6.38. The Kier molecular flexibility index (Phi) is 4.70. The van der Waals surface area contributed by atoms with Crippen molar-refractivity contribution >= 4 is 40.8 Å². The number of nitrogens with one attached hydrogen (secondary N) is 1. The number of hydrogen-bond donors (Lipinski definition) is 1. The van der Waals surface area contributed by atoms with Gasteiger partial charge < -0.3 is 5.32 Å². The molecule has 7 heteroatoms. The summed E-state index contributed by atoms with van der Waals surface area (Å²) in [5, 5.41) is 12.7. The summed E-state index contributed by atoms with van der Waals surface area (Å²) in [7, 11) is 0. The van der Waals surface area contributed by atoms with E-state index in [9.17, 15) is 4.79 Å². The van der Waals surface area contributed by atoms with Crippen LogP contribution < -0.4 is 5.32 Å². The normalized spacial score (nSPS) is 15.2. The molecule has 0 radical (unpaired) electrons. The van der Waals surface area contributed by atoms with E-state index < -0.39 is 0 Å². The lowest BCUT2D eigenvalue weighted by Gasteiger charge is -2.16. The Balaban J connectivity index is 1.91. The number of guanidine groups is 1. The van der Waals surface area contributed by atoms with Crippen molar-refractivity contribution in [2.45, 2.75) is 0 Å². The molecule has 0 spiro atoms. The molecule has 0 aliphatic carbocycles. The van der Waals surface area contributed by atoms with Gasteiger partial charge in [0, 0.05) is 18.7 Å². The number of aliphatic imine (C=N–C) groups is 1. The summed E-state index contributed by atoms with van der Waals surface area (Å²) in [5.41, 5.74) is 1.40. The number of hydrogen-bond acceptors (Lipinski definition) is 3. The molecule has 5 nitrogen and oxygen atoms in total. The largest absolute Gasteiger partial charge is 0.354 e. The molecule has 120 valence electrons. The van der Waals surface area contributed by atoms with Crippen LogP contribution in [0.25, 0.3) is 0 Å². The van der Waals surface area contributed by atoms with Crippen LogP contribution in [0.4, 0.5) is 5.69 Å². The SMILES string of the molecule is N#Cc1ccc(C(=O)N2CCNC2=Nc2c(Cl)cccc2Cl)cc1. The molecule has 1 amide bonds. The fourth-order valence-corrected chi connectivity index (χ4v) is 2.81. The van der Waals surface area contributed by atoms with E-state index in [0.717, 1.165) is 0 Å². The Labute approximate surface area is 149 Å². The third-order valence-electron chi connectivity index (χ3n) is 3.54. The molecule has 1 aliphatic rings. The van der Waals surface area contributed by atoms with E-state index in [2.05, 4.69) is 10.3 Å². The second-order valence-electron chi connectivity index (χ2n) is 5.08. The molecule has 0 atom stereocenters. The third-order valence-corrected chi connectivity index (χ3v) is 4.15. The summed E-state index contributed by atoms with van der Waals surface area (Å²) in [6.45, 7) is 1.07. The van der Waals surface area contributed by atoms with Crippen molar-refractivity contribution in [3.05, 3.63) is 63.6 Å². The quantitative estimate of drug-likeness (QED) is 0.891. The number of carbonyl (C=O) groups excluding carboxylic acids is 1. The molecule has 24 heavy (non-hydrogen) atoms. The minimum absolute atomic E-state index is 0.202. The maximum absolute atomic E-state index is 12.7. The van der Waals surface area contributed by atoms with Crippen LogP contribution in [0.3, 0.4) is 0 Å². The molecule has 1 aliphatic heterocycles. The smallest absolute Gasteiger partial charge is 0.260 e. The van der Waals surface area contributed by atoms with Gasteiger partial charge in [-0.3, -0.25) is 9.69 Å². The number of carbonyl (C=O) groups is 1. The lowest BCUT2D eigenvalue weighted by atomic mass is 10.1. The Morgan fingerprint density at radius 1 is 1.17 bits per heavy atom. The highest BCUT2D eigenvalue weighted by atomic mass is 35.5. The summed E-state index contributed by atoms with van der Waals surface area (Å²) in [6, 6.07) is 13.6. The van der Waals surface area contributed by atoms with Gasteiger partial charge in [0.15, 0.2) is 0 Å². The molecule has 1 saturated heterocycles. The van der Waals surface area contributed by atoms with Crippen LogP contribution in [0, 0.1) is 11.3 Å². The van der Waals surface area contributed by atoms with Crippen LogP contribution in [-0.2, 0) is 0 Å². The molecule has 0 aromatic heterocycles. The van der Waals surface area contributed by atoms with E-state index in [-0.39, 0.29) is 5.91 Å². The van der Waals surface area contributed by atoms with E-state index in [4.69, 9.17) is 28.5 Å². The highest BCUT2D eigenvalue weighted by Crippen LogP contribution is 2.33. The van der Waals surface area contributed by atoms with Gasteiger partial charge in [-0.1, -0.05) is 29.3 Å². The topological polar surface area (TPSA) is 68.5 Å². The number of benzene rings is 2. The zero-order chi connectivity index (χ0) is 17.1. The predicted octanol–water partition coefficient (Wildman–Crippen LogP) is 3.60. The van der Waals surface area contributed by atoms with Crippen molar-refractivity contribution in [1.82, 2.24) is 10.2 Å². The number of nitrogens with zero attached hydrogens (tertiary/aromatic N) is 3. The van der Waals surface area contributed by atoms with Crippen LogP contribution in [0.15, 0.2) is 47.5 Å². The number of nitriles is 1. The van der Waals surface area contributed by atoms with Crippen LogP contribution in [0.1, 0.15) is 15.9 Å². The van der Waals surface area contributed by atoms with Gasteiger partial charge in [0.1, 0.15) is 5.69 Å². The van der Waals surface area contributed by atoms with Crippen LogP contribution in [-0.4, -0.2) is 29.9 Å². The average Bonchev–Trinajstić information content (AvgIpc) is 3.06. The summed E-state index contributed by atoms with van der Waals surface area (Å²) < 4.78 is 0. The third kappa shape index (κ3) is 3.21. The molecule has 0 saturated carbocycles. The maximum atomic E-state index is 12.7. The first-order valence-electron chi connectivity index (χ1n) is 7.19. The number of para-hydroxylation sites is 1. The van der Waals surface area contributed by atoms with E-state index in [1.807, 2.05) is 6.07 Å². The Hall–Kier alpha value is -2.55. The molecule has 3 rings (SSSR count). The predicted molar refractivity (Wildman–Crippen MR) is 93.8 cm³/mol. The first-order chi connectivity index (χ1) is 11.6. The maximum Gasteiger partial charge on any atom is 0.260 e. The summed E-state index contributed by atoms with van der Waals surface area (Å²) in [5.74, 6) is 0.200. The zero-order valence-corrected chi connectivity index (χ0v) is 14.0. The molecule has 1 N–H and O–H groups in total. The Morgan fingerprint density at radius 2 is 1.83 bits per heavy atom. The van der Waals surface area contributed by atoms with Gasteiger partial charge in [0.05, 0.1) is 21.7 Å². The van der Waals surface area contributed by atoms with E-state index in [1.165, 1.54) is 4.90 Å². The minimum Gasteiger partial charge on any atom is -0.354 e. The molecule has 2 aromatic rings. The lowest BCUT2D eigenvalue weighted by molar-refractivity contribution is 0.0859. The highest BCUT2D eigenvalue weighted by Gasteiger charge is 2.26. The second kappa shape index (κ2) is 6.91. The van der Waals surface area contributed by atoms with Crippen LogP contribution >= 0.6 is 23.2 Å². The van der Waals surface area contributed by atoms with Gasteiger partial charge in [0.25, 0.3) is 5.91 Å². The van der Waals surface area contributed by atoms with E-state index >= 15 is 0 Å². The van der Waals surface area contributed by atoms with Gasteiger partial charge in [-0.05, 0) is 36.4 Å². The average molecular weight is 359 g/mol. The lowest BCUT2D eigenvalue weighted by Crippen LogP contribution is -2.35. The Morgan fingerprint density at radius 3 is 2.46 bits per heavy atom. The molecule has 1 fully saturated rings. The molecule has 1 heterocycles. The first-order valence-corrected chi connectivity index (χ1v) is 7.94. The van der Waals surface area contributed by atoms with Crippen molar-refractivity contribution in [3.63, 3.8) is 0 Å². The van der Waals surface area contributed by atoms with Crippen LogP contribution in [0.5, 0.6) is 0 Å². The zero-order valence-electron chi connectivity index (χ0n) is 12.5. The van der Waals surface area contributed by atoms with E-state index in [0.29, 0.717) is 45.9 Å². The fraction of sp³-hybridized carbons (Fsp3) is 0.118. The van der Waals surface area contributed by atoms with Crippen molar-refractivity contribution in [1.29, 1.82) is 5.26 Å². The van der Waals surface area contributed by atoms with Gasteiger partial charge >= 0.3 is 0 Å². The first kappa shape index (κ1) is 16.3. The number of amides is 1. The molecule has 0 unspecified atom stereocenters. The summed E-state index contributed by atoms with van der Waals surface area (Å²) >= 11 is 12.3. The van der Waals surface area contributed by atoms with Crippen molar-refractivity contribution in [2.75, 3.05) is 13.1 Å². The van der Waals surface area contributed by atoms with Gasteiger partial charge in [-0.15, -0.1) is 0 Å². The monoisotopic (exact) mass is 358 g/mol. The van der Waals surface area contributed by atoms with Gasteiger partial charge in [-0.2, -0.15) is 5.26 Å². The summed E-state index contributed by atoms with van der Waals surface area (Å²) in [6.07, 6.45) is 0. The van der Waals surface area contributed by atoms with Gasteiger partial charge in [-0.25, -0.2) is 4.99 Å². The molecule has 2 aromatic carbocycles. The van der Waals surface area contributed by atoms with Crippen molar-refractivity contribution in [2.24, 2.45) is 4.99 Å². The number of rotatable bonds is 2. The van der Waals surface area contributed by atoms with Crippen molar-refractivity contribution in [3.8, 4) is 6.07 Å². The number of halogens is 2. The molecular weight excluding hydrogens is 347 g/mol. The molecular formula is C17H12Cl2N4O. The van der Waals surface area contributed by atoms with E-state index in [1.54, 1.807) is 42.5 Å². The molecule has 0 bridgehead atoms. The second-order valence-corrected chi connectivity index (χ2v) is 5.89. The minimum atomic E-state index is -0.202. The van der Waals surface area contributed by atoms with Gasteiger partial charge in [0.2, 0.25) is 5.96 Å². The summed E-state index contributed by atoms with van der Waals surface area (Å²) in [4.78, 5) is 18.6.